The van der Waals surface area contributed by atoms with E-state index in [2.05, 4.69) is 0 Å². The van der Waals surface area contributed by atoms with Gasteiger partial charge in [0.15, 0.2) is 11.5 Å². The molecule has 0 unspecified atom stereocenters. The molecule has 0 aliphatic carbocycles. The van der Waals surface area contributed by atoms with Crippen LogP contribution in [0.25, 0.3) is 0 Å². The number of rotatable bonds is 9. The van der Waals surface area contributed by atoms with E-state index in [0.717, 1.165) is 16.7 Å². The Balaban J connectivity index is 1.48. The maximum Gasteiger partial charge on any atom is 0.326 e. The highest BCUT2D eigenvalue weighted by Crippen LogP contribution is 2.39. The second-order valence-corrected chi connectivity index (χ2v) is 9.25. The summed E-state index contributed by atoms with van der Waals surface area (Å²) >= 11 is 0. The van der Waals surface area contributed by atoms with Crippen molar-refractivity contribution >= 4 is 11.9 Å². The number of hydrogen-bond donors (Lipinski definition) is 1. The van der Waals surface area contributed by atoms with Crippen LogP contribution in [-0.4, -0.2) is 35.0 Å². The summed E-state index contributed by atoms with van der Waals surface area (Å²) in [6, 6.07) is 30.4. The van der Waals surface area contributed by atoms with Crippen LogP contribution in [0.15, 0.2) is 103 Å². The highest BCUT2D eigenvalue weighted by molar-refractivity contribution is 5.88. The lowest BCUT2D eigenvalue weighted by molar-refractivity contribution is -0.155. The summed E-state index contributed by atoms with van der Waals surface area (Å²) < 4.78 is 17.9. The minimum Gasteiger partial charge on any atom is -0.493 e. The van der Waals surface area contributed by atoms with Gasteiger partial charge in [0, 0.05) is 24.1 Å². The Hall–Kier alpha value is -4.78. The fourth-order valence-corrected chi connectivity index (χ4v) is 4.79. The highest BCUT2D eigenvalue weighted by atomic mass is 16.5. The van der Waals surface area contributed by atoms with Crippen molar-refractivity contribution in [1.82, 2.24) is 4.90 Å². The number of aliphatic carboxylic acids is 1. The molecule has 198 valence electrons. The van der Waals surface area contributed by atoms with Crippen LogP contribution < -0.4 is 14.2 Å². The van der Waals surface area contributed by atoms with Crippen LogP contribution in [0.2, 0.25) is 0 Å². The lowest BCUT2D eigenvalue weighted by Crippen LogP contribution is -2.51. The van der Waals surface area contributed by atoms with Crippen molar-refractivity contribution in [3.05, 3.63) is 125 Å². The first kappa shape index (κ1) is 25.9. The third-order valence-electron chi connectivity index (χ3n) is 6.77. The number of hydrogen-bond acceptors (Lipinski definition) is 5. The van der Waals surface area contributed by atoms with Gasteiger partial charge in [-0.25, -0.2) is 4.79 Å². The van der Waals surface area contributed by atoms with E-state index in [4.69, 9.17) is 14.2 Å². The molecule has 0 spiro atoms. The van der Waals surface area contributed by atoms with Gasteiger partial charge < -0.3 is 24.2 Å². The number of para-hydroxylation sites is 1. The number of carboxylic acids is 1. The smallest absolute Gasteiger partial charge is 0.326 e. The number of carboxylic acid groups (broad SMARTS) is 1. The topological polar surface area (TPSA) is 85.3 Å². The van der Waals surface area contributed by atoms with E-state index >= 15 is 0 Å². The second-order valence-electron chi connectivity index (χ2n) is 9.25. The maximum atomic E-state index is 14.0. The zero-order valence-corrected chi connectivity index (χ0v) is 21.5. The van der Waals surface area contributed by atoms with Crippen molar-refractivity contribution in [1.29, 1.82) is 0 Å². The SMILES string of the molecule is COc1ccc2c(c1OCc1ccccc1)C[C@@H](C(=O)O)N(C(=O)[C@@H](Oc1ccccc1)c1ccccc1)C2. The molecule has 7 heteroatoms. The number of benzene rings is 4. The van der Waals surface area contributed by atoms with Crippen LogP contribution in [0, 0.1) is 0 Å². The second kappa shape index (κ2) is 11.7. The standard InChI is InChI=1S/C32H29NO6/c1-37-28-18-17-24-20-33(27(32(35)36)19-26(24)30(28)38-21-22-11-5-2-6-12-22)31(34)29(23-13-7-3-8-14-23)39-25-15-9-4-10-16-25/h2-18,27,29H,19-21H2,1H3,(H,35,36)/t27-,29-/m0/s1. The number of carbonyl (C=O) groups is 2. The lowest BCUT2D eigenvalue weighted by atomic mass is 9.91. The molecule has 1 amide bonds. The Morgan fingerprint density at radius 1 is 0.897 bits per heavy atom. The van der Waals surface area contributed by atoms with Crippen molar-refractivity contribution in [3.63, 3.8) is 0 Å². The van der Waals surface area contributed by atoms with Crippen LogP contribution in [0.1, 0.15) is 28.4 Å². The first-order valence-electron chi connectivity index (χ1n) is 12.7. The molecule has 0 fully saturated rings. The van der Waals surface area contributed by atoms with Gasteiger partial charge >= 0.3 is 5.97 Å². The summed E-state index contributed by atoms with van der Waals surface area (Å²) in [5.74, 6) is 0.00821. The molecule has 2 atom stereocenters. The number of ether oxygens (including phenoxy) is 3. The molecular formula is C32H29NO6. The average molecular weight is 524 g/mol. The molecule has 1 aliphatic rings. The van der Waals surface area contributed by atoms with Crippen molar-refractivity contribution in [2.24, 2.45) is 0 Å². The average Bonchev–Trinajstić information content (AvgIpc) is 2.99. The molecule has 0 radical (unpaired) electrons. The van der Waals surface area contributed by atoms with Gasteiger partial charge in [-0.1, -0.05) is 84.9 Å². The zero-order valence-electron chi connectivity index (χ0n) is 21.5. The summed E-state index contributed by atoms with van der Waals surface area (Å²) in [6.07, 6.45) is -0.936. The van der Waals surface area contributed by atoms with Gasteiger partial charge in [-0.2, -0.15) is 0 Å². The van der Waals surface area contributed by atoms with E-state index in [-0.39, 0.29) is 13.0 Å². The van der Waals surface area contributed by atoms with Gasteiger partial charge in [-0.3, -0.25) is 4.79 Å². The maximum absolute atomic E-state index is 14.0. The summed E-state index contributed by atoms with van der Waals surface area (Å²) in [5.41, 5.74) is 3.14. The molecular weight excluding hydrogens is 494 g/mol. The first-order chi connectivity index (χ1) is 19.0. The molecule has 1 N–H and O–H groups in total. The quantitative estimate of drug-likeness (QED) is 0.315. The number of amides is 1. The minimum atomic E-state index is -1.11. The molecule has 39 heavy (non-hydrogen) atoms. The van der Waals surface area contributed by atoms with Crippen molar-refractivity contribution in [2.75, 3.05) is 7.11 Å². The molecule has 4 aromatic rings. The molecule has 4 aromatic carbocycles. The predicted octanol–water partition coefficient (Wildman–Crippen LogP) is 5.43. The van der Waals surface area contributed by atoms with E-state index in [1.165, 1.54) is 4.90 Å². The van der Waals surface area contributed by atoms with Gasteiger partial charge in [-0.15, -0.1) is 0 Å². The third-order valence-corrected chi connectivity index (χ3v) is 6.77. The molecule has 0 bridgehead atoms. The van der Waals surface area contributed by atoms with E-state index in [1.54, 1.807) is 37.4 Å². The molecule has 0 saturated carbocycles. The number of carbonyl (C=O) groups excluding carboxylic acids is 1. The summed E-state index contributed by atoms with van der Waals surface area (Å²) in [7, 11) is 1.55. The van der Waals surface area contributed by atoms with Crippen LogP contribution in [0.4, 0.5) is 0 Å². The fourth-order valence-electron chi connectivity index (χ4n) is 4.79. The minimum absolute atomic E-state index is 0.0740. The van der Waals surface area contributed by atoms with Crippen LogP contribution >= 0.6 is 0 Å². The van der Waals surface area contributed by atoms with Crippen LogP contribution in [-0.2, 0) is 29.2 Å². The van der Waals surface area contributed by atoms with Gasteiger partial charge in [-0.05, 0) is 29.3 Å². The summed E-state index contributed by atoms with van der Waals surface area (Å²) in [5, 5.41) is 10.2. The third kappa shape index (κ3) is 5.72. The molecule has 1 heterocycles. The van der Waals surface area contributed by atoms with E-state index in [9.17, 15) is 14.7 Å². The van der Waals surface area contributed by atoms with Gasteiger partial charge in [0.2, 0.25) is 6.10 Å². The van der Waals surface area contributed by atoms with E-state index < -0.39 is 24.0 Å². The van der Waals surface area contributed by atoms with Crippen molar-refractivity contribution in [2.45, 2.75) is 31.7 Å². The predicted molar refractivity (Wildman–Crippen MR) is 146 cm³/mol. The Labute approximate surface area is 227 Å². The fraction of sp³-hybridized carbons (Fsp3) is 0.188. The monoisotopic (exact) mass is 523 g/mol. The molecule has 5 rings (SSSR count). The summed E-state index contributed by atoms with van der Waals surface area (Å²) in [6.45, 7) is 0.396. The first-order valence-corrected chi connectivity index (χ1v) is 12.7. The Morgan fingerprint density at radius 2 is 1.54 bits per heavy atom. The number of methoxy groups -OCH3 is 1. The summed E-state index contributed by atoms with van der Waals surface area (Å²) in [4.78, 5) is 28.0. The normalized spacial score (nSPS) is 15.1. The van der Waals surface area contributed by atoms with Gasteiger partial charge in [0.05, 0.1) is 7.11 Å². The molecule has 1 aliphatic heterocycles. The van der Waals surface area contributed by atoms with Crippen molar-refractivity contribution < 1.29 is 28.9 Å². The molecule has 0 saturated heterocycles. The molecule has 7 nitrogen and oxygen atoms in total. The van der Waals surface area contributed by atoms with Crippen LogP contribution in [0.3, 0.4) is 0 Å². The number of fused-ring (bicyclic) bond motifs is 1. The largest absolute Gasteiger partial charge is 0.493 e. The van der Waals surface area contributed by atoms with Gasteiger partial charge in [0.1, 0.15) is 18.4 Å². The van der Waals surface area contributed by atoms with Crippen molar-refractivity contribution in [3.8, 4) is 17.2 Å². The van der Waals surface area contributed by atoms with E-state index in [0.29, 0.717) is 29.4 Å². The number of nitrogens with zero attached hydrogens (tertiary/aromatic N) is 1. The lowest BCUT2D eigenvalue weighted by Gasteiger charge is -2.37. The Kier molecular flexibility index (Phi) is 7.78. The highest BCUT2D eigenvalue weighted by Gasteiger charge is 2.40. The zero-order chi connectivity index (χ0) is 27.2. The Bertz CT molecular complexity index is 1430. The Morgan fingerprint density at radius 3 is 2.18 bits per heavy atom. The van der Waals surface area contributed by atoms with E-state index in [1.807, 2.05) is 72.8 Å². The van der Waals surface area contributed by atoms with Gasteiger partial charge in [0.25, 0.3) is 5.91 Å². The molecule has 0 aromatic heterocycles. The van der Waals surface area contributed by atoms with Crippen LogP contribution in [0.5, 0.6) is 17.2 Å².